The molecule has 2 aromatic carbocycles. The normalized spacial score (nSPS) is 18.3. The summed E-state index contributed by atoms with van der Waals surface area (Å²) in [5.74, 6) is 0. The van der Waals surface area contributed by atoms with Crippen LogP contribution in [0.4, 0.5) is 11.4 Å². The van der Waals surface area contributed by atoms with Crippen LogP contribution in [-0.4, -0.2) is 37.1 Å². The first-order valence-electron chi connectivity index (χ1n) is 7.73. The monoisotopic (exact) mass is 330 g/mol. The third-order valence-corrected chi connectivity index (χ3v) is 4.62. The lowest BCUT2D eigenvalue weighted by molar-refractivity contribution is -0.171. The van der Waals surface area contributed by atoms with Gasteiger partial charge in [-0.15, -0.1) is 0 Å². The highest BCUT2D eigenvalue weighted by molar-refractivity contribution is 6.31. The molecule has 0 aliphatic carbocycles. The number of nitrogens with zero attached hydrogens (tertiary/aromatic N) is 1. The van der Waals surface area contributed by atoms with Crippen LogP contribution in [0, 0.1) is 6.92 Å². The average Bonchev–Trinajstić information content (AvgIpc) is 2.87. The summed E-state index contributed by atoms with van der Waals surface area (Å²) >= 11 is 6.17. The van der Waals surface area contributed by atoms with Gasteiger partial charge in [0.15, 0.2) is 0 Å². The van der Waals surface area contributed by atoms with Gasteiger partial charge in [-0.05, 0) is 47.9 Å². The van der Waals surface area contributed by atoms with Gasteiger partial charge in [-0.3, -0.25) is 0 Å². The van der Waals surface area contributed by atoms with Gasteiger partial charge in [0.1, 0.15) is 5.60 Å². The number of aryl methyl sites for hydroxylation is 1. The number of aliphatic hydroxyl groups is 1. The number of β-amino-alcohol motifs (C(OH)–C–C–N with tert-alkyl or cyclic N) is 1. The molecular formula is C18H19ClN2O2. The van der Waals surface area contributed by atoms with E-state index in [1.54, 1.807) is 0 Å². The Labute approximate surface area is 140 Å². The van der Waals surface area contributed by atoms with Crippen LogP contribution < -0.4 is 10.2 Å². The van der Waals surface area contributed by atoms with Crippen molar-refractivity contribution >= 4 is 23.0 Å². The maximum atomic E-state index is 10.3. The molecule has 0 radical (unpaired) electrons. The minimum absolute atomic E-state index is 0.415. The highest BCUT2D eigenvalue weighted by atomic mass is 35.5. The first-order chi connectivity index (χ1) is 11.0. The maximum Gasteiger partial charge on any atom is 0.128 e. The number of anilines is 2. The summed E-state index contributed by atoms with van der Waals surface area (Å²) in [6.07, 6.45) is 0. The molecule has 0 spiro atoms. The molecule has 0 atom stereocenters. The van der Waals surface area contributed by atoms with E-state index >= 15 is 0 Å². The van der Waals surface area contributed by atoms with Crippen LogP contribution in [0.5, 0.6) is 0 Å². The van der Waals surface area contributed by atoms with Crippen LogP contribution in [0.15, 0.2) is 36.4 Å². The van der Waals surface area contributed by atoms with Crippen molar-refractivity contribution in [2.24, 2.45) is 0 Å². The lowest BCUT2D eigenvalue weighted by Gasteiger charge is -2.39. The van der Waals surface area contributed by atoms with E-state index in [1.807, 2.05) is 19.1 Å². The molecule has 23 heavy (non-hydrogen) atoms. The molecule has 0 amide bonds. The van der Waals surface area contributed by atoms with Gasteiger partial charge in [-0.2, -0.15) is 0 Å². The van der Waals surface area contributed by atoms with E-state index in [2.05, 4.69) is 34.5 Å². The fourth-order valence-corrected chi connectivity index (χ4v) is 3.52. The number of rotatable bonds is 3. The minimum atomic E-state index is -0.716. The summed E-state index contributed by atoms with van der Waals surface area (Å²) in [7, 11) is 0. The van der Waals surface area contributed by atoms with E-state index < -0.39 is 5.60 Å². The number of halogens is 1. The Balaban J connectivity index is 1.62. The highest BCUT2D eigenvalue weighted by Crippen LogP contribution is 2.37. The Bertz CT molecular complexity index is 738. The molecule has 5 heteroatoms. The molecule has 4 rings (SSSR count). The van der Waals surface area contributed by atoms with E-state index in [0.717, 1.165) is 33.1 Å². The summed E-state index contributed by atoms with van der Waals surface area (Å²) in [5.41, 5.74) is 4.89. The van der Waals surface area contributed by atoms with Crippen LogP contribution in [0.25, 0.3) is 11.1 Å². The standard InChI is InChI=1S/C18H19ClN2O2/c1-12-4-14(6-15(19)5-12)13-2-3-17-16(7-13)20-11-21(17)8-18(22)9-23-10-18/h2-7,20,22H,8-11H2,1H3. The predicted molar refractivity (Wildman–Crippen MR) is 93.2 cm³/mol. The number of nitrogens with one attached hydrogen (secondary N) is 1. The summed E-state index contributed by atoms with van der Waals surface area (Å²) < 4.78 is 5.13. The Hall–Kier alpha value is -1.75. The van der Waals surface area contributed by atoms with Gasteiger partial charge in [0, 0.05) is 5.02 Å². The molecule has 120 valence electrons. The predicted octanol–water partition coefficient (Wildman–Crippen LogP) is 3.27. The van der Waals surface area contributed by atoms with E-state index in [4.69, 9.17) is 16.3 Å². The van der Waals surface area contributed by atoms with Crippen molar-refractivity contribution in [3.05, 3.63) is 47.0 Å². The summed E-state index contributed by atoms with van der Waals surface area (Å²) in [6, 6.07) is 12.4. The molecule has 0 aromatic heterocycles. The van der Waals surface area contributed by atoms with Crippen molar-refractivity contribution in [2.45, 2.75) is 12.5 Å². The van der Waals surface area contributed by atoms with Crippen LogP contribution in [0.2, 0.25) is 5.02 Å². The van der Waals surface area contributed by atoms with Crippen LogP contribution in [0.3, 0.4) is 0 Å². The zero-order chi connectivity index (χ0) is 16.0. The number of hydrogen-bond donors (Lipinski definition) is 2. The SMILES string of the molecule is Cc1cc(Cl)cc(-c2ccc3c(c2)NCN3CC2(O)COC2)c1. The second-order valence-corrected chi connectivity index (χ2v) is 6.94. The topological polar surface area (TPSA) is 44.7 Å². The minimum Gasteiger partial charge on any atom is -0.383 e. The van der Waals surface area contributed by atoms with Gasteiger partial charge in [-0.1, -0.05) is 23.7 Å². The van der Waals surface area contributed by atoms with Crippen molar-refractivity contribution in [3.8, 4) is 11.1 Å². The van der Waals surface area contributed by atoms with Crippen molar-refractivity contribution < 1.29 is 9.84 Å². The van der Waals surface area contributed by atoms with E-state index in [-0.39, 0.29) is 0 Å². The van der Waals surface area contributed by atoms with Crippen molar-refractivity contribution in [2.75, 3.05) is 36.6 Å². The van der Waals surface area contributed by atoms with Gasteiger partial charge in [-0.25, -0.2) is 0 Å². The van der Waals surface area contributed by atoms with Gasteiger partial charge in [0.2, 0.25) is 0 Å². The highest BCUT2D eigenvalue weighted by Gasteiger charge is 2.39. The van der Waals surface area contributed by atoms with Crippen LogP contribution >= 0.6 is 11.6 Å². The lowest BCUT2D eigenvalue weighted by Crippen LogP contribution is -2.57. The second-order valence-electron chi connectivity index (χ2n) is 6.50. The lowest BCUT2D eigenvalue weighted by atomic mass is 10.0. The molecule has 2 heterocycles. The summed E-state index contributed by atoms with van der Waals surface area (Å²) in [5, 5.41) is 14.4. The second kappa shape index (κ2) is 5.41. The molecule has 0 unspecified atom stereocenters. The van der Waals surface area contributed by atoms with Crippen LogP contribution in [0.1, 0.15) is 5.56 Å². The first-order valence-corrected chi connectivity index (χ1v) is 8.11. The Morgan fingerprint density at radius 1 is 1.22 bits per heavy atom. The van der Waals surface area contributed by atoms with Gasteiger partial charge in [0.05, 0.1) is 37.8 Å². The molecule has 1 saturated heterocycles. The molecule has 4 nitrogen and oxygen atoms in total. The van der Waals surface area contributed by atoms with E-state index in [1.165, 1.54) is 0 Å². The molecule has 2 aliphatic heterocycles. The first kappa shape index (κ1) is 14.8. The largest absolute Gasteiger partial charge is 0.383 e. The Kier molecular flexibility index (Phi) is 3.48. The van der Waals surface area contributed by atoms with Gasteiger partial charge in [0.25, 0.3) is 0 Å². The number of hydrogen-bond acceptors (Lipinski definition) is 4. The van der Waals surface area contributed by atoms with Gasteiger partial charge >= 0.3 is 0 Å². The third-order valence-electron chi connectivity index (χ3n) is 4.40. The van der Waals surface area contributed by atoms with Crippen LogP contribution in [-0.2, 0) is 4.74 Å². The Morgan fingerprint density at radius 3 is 2.74 bits per heavy atom. The summed E-state index contributed by atoms with van der Waals surface area (Å²) in [4.78, 5) is 2.16. The fraction of sp³-hybridized carbons (Fsp3) is 0.333. The molecule has 2 aromatic rings. The fourth-order valence-electron chi connectivity index (χ4n) is 3.23. The number of fused-ring (bicyclic) bond motifs is 1. The van der Waals surface area contributed by atoms with E-state index in [0.29, 0.717) is 26.4 Å². The zero-order valence-corrected chi connectivity index (χ0v) is 13.7. The van der Waals surface area contributed by atoms with Gasteiger partial charge < -0.3 is 20.1 Å². The van der Waals surface area contributed by atoms with Crippen molar-refractivity contribution in [3.63, 3.8) is 0 Å². The molecule has 0 bridgehead atoms. The van der Waals surface area contributed by atoms with Crippen molar-refractivity contribution in [1.29, 1.82) is 0 Å². The third kappa shape index (κ3) is 2.78. The quantitative estimate of drug-likeness (QED) is 0.906. The van der Waals surface area contributed by atoms with Crippen molar-refractivity contribution in [1.82, 2.24) is 0 Å². The Morgan fingerprint density at radius 2 is 2.04 bits per heavy atom. The number of benzene rings is 2. The molecule has 1 fully saturated rings. The average molecular weight is 331 g/mol. The smallest absolute Gasteiger partial charge is 0.128 e. The molecular weight excluding hydrogens is 312 g/mol. The molecule has 2 N–H and O–H groups in total. The molecule has 2 aliphatic rings. The number of ether oxygens (including phenoxy) is 1. The van der Waals surface area contributed by atoms with E-state index in [9.17, 15) is 5.11 Å². The zero-order valence-electron chi connectivity index (χ0n) is 13.0. The summed E-state index contributed by atoms with van der Waals surface area (Å²) in [6.45, 7) is 4.17. The molecule has 0 saturated carbocycles. The maximum absolute atomic E-state index is 10.3.